The van der Waals surface area contributed by atoms with Crippen LogP contribution in [-0.2, 0) is 30.4 Å². The van der Waals surface area contributed by atoms with Crippen LogP contribution in [0.2, 0.25) is 0 Å². The van der Waals surface area contributed by atoms with E-state index >= 15 is 0 Å². The molecule has 37 heavy (non-hydrogen) atoms. The lowest BCUT2D eigenvalue weighted by Gasteiger charge is -2.33. The predicted octanol–water partition coefficient (Wildman–Crippen LogP) is 0.285. The molecule has 0 aliphatic heterocycles. The van der Waals surface area contributed by atoms with E-state index in [-0.39, 0.29) is 18.8 Å². The van der Waals surface area contributed by atoms with Crippen molar-refractivity contribution in [3.63, 3.8) is 0 Å². The number of aryl methyl sites for hydroxylation is 1. The van der Waals surface area contributed by atoms with Crippen LogP contribution in [0.3, 0.4) is 0 Å². The van der Waals surface area contributed by atoms with Gasteiger partial charge in [-0.3, -0.25) is 28.9 Å². The highest BCUT2D eigenvalue weighted by molar-refractivity contribution is 6.28. The number of nitrogens with two attached hydrogens (primary N) is 2. The zero-order valence-corrected chi connectivity index (χ0v) is 21.2. The molecule has 1 aromatic rings. The molecule has 0 saturated heterocycles. The number of hydrogen-bond acceptors (Lipinski definition) is 7. The van der Waals surface area contributed by atoms with Gasteiger partial charge < -0.3 is 27.4 Å². The van der Waals surface area contributed by atoms with Gasteiger partial charge in [0, 0.05) is 6.42 Å². The van der Waals surface area contributed by atoms with E-state index in [1.165, 1.54) is 0 Å². The third kappa shape index (κ3) is 10.4. The molecule has 0 aromatic heterocycles. The molecule has 1 rings (SSSR count). The van der Waals surface area contributed by atoms with E-state index in [0.29, 0.717) is 32.0 Å². The minimum Gasteiger partial charge on any atom is -0.481 e. The van der Waals surface area contributed by atoms with Gasteiger partial charge in [-0.05, 0) is 43.7 Å². The van der Waals surface area contributed by atoms with Crippen LogP contribution in [0.5, 0.6) is 0 Å². The van der Waals surface area contributed by atoms with Crippen LogP contribution >= 0.6 is 0 Å². The molecule has 0 radical (unpaired) electrons. The zero-order valence-electron chi connectivity index (χ0n) is 21.2. The lowest BCUT2D eigenvalue weighted by Crippen LogP contribution is -2.59. The Labute approximate surface area is 216 Å². The van der Waals surface area contributed by atoms with E-state index in [2.05, 4.69) is 10.1 Å². The maximum absolute atomic E-state index is 13.4. The molecule has 0 aliphatic rings. The van der Waals surface area contributed by atoms with Gasteiger partial charge in [-0.2, -0.15) is 4.79 Å². The van der Waals surface area contributed by atoms with Gasteiger partial charge in [-0.15, -0.1) is 0 Å². The van der Waals surface area contributed by atoms with E-state index < -0.39 is 54.0 Å². The highest BCUT2D eigenvalue weighted by Gasteiger charge is 2.39. The summed E-state index contributed by atoms with van der Waals surface area (Å²) in [6.07, 6.45) is 0.790. The number of unbranched alkanes of at least 4 members (excludes halogenated alkanes) is 1. The summed E-state index contributed by atoms with van der Waals surface area (Å²) in [5.41, 5.74) is 21.2. The number of rotatable bonds is 16. The third-order valence-corrected chi connectivity index (χ3v) is 5.75. The minimum absolute atomic E-state index is 0.0265. The van der Waals surface area contributed by atoms with Gasteiger partial charge in [0.25, 0.3) is 5.78 Å². The second-order valence-electron chi connectivity index (χ2n) is 8.96. The van der Waals surface area contributed by atoms with Crippen LogP contribution in [0, 0.1) is 5.92 Å². The first-order valence-corrected chi connectivity index (χ1v) is 12.1. The number of nitrogens with one attached hydrogen (secondary N) is 1. The van der Waals surface area contributed by atoms with Crippen molar-refractivity contribution in [2.45, 2.75) is 70.5 Å². The molecule has 1 aromatic carbocycles. The highest BCUT2D eigenvalue weighted by atomic mass is 16.4. The molecule has 0 bridgehead atoms. The number of nitrogens with zero attached hydrogens (tertiary/aromatic N) is 3. The first kappa shape index (κ1) is 31.3. The number of carbonyl (C=O) groups is 5. The fourth-order valence-electron chi connectivity index (χ4n) is 3.58. The molecule has 202 valence electrons. The average molecular weight is 517 g/mol. The molecule has 3 amide bonds. The Hall–Kier alpha value is -3.73. The zero-order chi connectivity index (χ0) is 28.0. The Bertz CT molecular complexity index is 993. The van der Waals surface area contributed by atoms with E-state index in [9.17, 15) is 24.0 Å². The normalized spacial score (nSPS) is 13.1. The smallest absolute Gasteiger partial charge is 0.325 e. The Morgan fingerprint density at radius 3 is 2.32 bits per heavy atom. The summed E-state index contributed by atoms with van der Waals surface area (Å²) in [7, 11) is 0. The van der Waals surface area contributed by atoms with E-state index in [1.807, 2.05) is 30.3 Å². The monoisotopic (exact) mass is 516 g/mol. The van der Waals surface area contributed by atoms with Crippen molar-refractivity contribution >= 4 is 35.7 Å². The quantitative estimate of drug-likeness (QED) is 0.103. The number of amides is 3. The molecule has 0 aliphatic carbocycles. The van der Waals surface area contributed by atoms with Crippen LogP contribution in [0.15, 0.2) is 30.3 Å². The fraction of sp³-hybridized carbons (Fsp3) is 0.520. The standard InChI is InChI=1S/C25H36N6O6/c1-16(2)23(27)25(37)31(21(33)12-11-17-8-4-3-5-9-17)19(10-6-7-13-26)24(36)30-18(14-22(34)35)20(32)15-29-28/h3-5,8-9,15-16,18-19,23H,6-7,10-14,26-27H2,1-2H3,(H,30,36)(H,34,35)/t18?,19-,23-/m0/s1. The Morgan fingerprint density at radius 2 is 1.78 bits per heavy atom. The Balaban J connectivity index is 3.37. The number of carboxylic acids is 1. The number of ketones is 1. The molecule has 0 heterocycles. The van der Waals surface area contributed by atoms with Crippen molar-refractivity contribution in [3.05, 3.63) is 41.4 Å². The molecule has 1 unspecified atom stereocenters. The van der Waals surface area contributed by atoms with Crippen molar-refractivity contribution < 1.29 is 33.9 Å². The lowest BCUT2D eigenvalue weighted by molar-refractivity contribution is -0.154. The van der Waals surface area contributed by atoms with Crippen molar-refractivity contribution in [3.8, 4) is 0 Å². The summed E-state index contributed by atoms with van der Waals surface area (Å²) in [5, 5.41) is 11.5. The van der Waals surface area contributed by atoms with E-state index in [4.69, 9.17) is 22.1 Å². The minimum atomic E-state index is -1.58. The molecule has 0 spiro atoms. The van der Waals surface area contributed by atoms with Gasteiger partial charge >= 0.3 is 12.2 Å². The maximum atomic E-state index is 13.4. The van der Waals surface area contributed by atoms with Gasteiger partial charge in [-0.1, -0.05) is 44.2 Å². The summed E-state index contributed by atoms with van der Waals surface area (Å²) in [6, 6.07) is 5.10. The largest absolute Gasteiger partial charge is 0.481 e. The summed E-state index contributed by atoms with van der Waals surface area (Å²) >= 11 is 0. The van der Waals surface area contributed by atoms with Gasteiger partial charge in [-0.25, -0.2) is 0 Å². The van der Waals surface area contributed by atoms with Gasteiger partial charge in [0.05, 0.1) is 12.5 Å². The van der Waals surface area contributed by atoms with Crippen LogP contribution < -0.4 is 16.8 Å². The fourth-order valence-corrected chi connectivity index (χ4v) is 3.58. The third-order valence-electron chi connectivity index (χ3n) is 5.75. The van der Waals surface area contributed by atoms with Gasteiger partial charge in [0.2, 0.25) is 17.7 Å². The Kier molecular flexibility index (Phi) is 13.6. The van der Waals surface area contributed by atoms with Crippen molar-refractivity contribution in [1.82, 2.24) is 10.2 Å². The molecule has 0 saturated carbocycles. The number of imide groups is 1. The number of benzene rings is 1. The molecular formula is C25H36N6O6. The maximum Gasteiger partial charge on any atom is 0.325 e. The van der Waals surface area contributed by atoms with Gasteiger partial charge in [0.1, 0.15) is 12.1 Å². The Morgan fingerprint density at radius 1 is 1.14 bits per heavy atom. The second kappa shape index (κ2) is 16.1. The molecule has 3 atom stereocenters. The van der Waals surface area contributed by atoms with Gasteiger partial charge in [0.15, 0.2) is 0 Å². The van der Waals surface area contributed by atoms with Crippen LogP contribution in [0.25, 0.3) is 5.53 Å². The van der Waals surface area contributed by atoms with Crippen molar-refractivity contribution in [1.29, 1.82) is 0 Å². The summed E-state index contributed by atoms with van der Waals surface area (Å²) < 4.78 is 0. The summed E-state index contributed by atoms with van der Waals surface area (Å²) in [6.45, 7) is 3.71. The van der Waals surface area contributed by atoms with E-state index in [1.54, 1.807) is 13.8 Å². The molecule has 12 heteroatoms. The average Bonchev–Trinajstić information content (AvgIpc) is 2.86. The molecule has 0 fully saturated rings. The lowest BCUT2D eigenvalue weighted by atomic mass is 9.99. The highest BCUT2D eigenvalue weighted by Crippen LogP contribution is 2.17. The number of hydrogen-bond donors (Lipinski definition) is 4. The topological polar surface area (TPSA) is 209 Å². The van der Waals surface area contributed by atoms with E-state index in [0.717, 1.165) is 10.5 Å². The number of aliphatic carboxylic acids is 1. The van der Waals surface area contributed by atoms with Crippen LogP contribution in [0.1, 0.15) is 51.5 Å². The first-order valence-electron chi connectivity index (χ1n) is 12.1. The first-order chi connectivity index (χ1) is 17.5. The van der Waals surface area contributed by atoms with Crippen LogP contribution in [-0.4, -0.2) is 75.2 Å². The van der Waals surface area contributed by atoms with Crippen molar-refractivity contribution in [2.75, 3.05) is 6.54 Å². The summed E-state index contributed by atoms with van der Waals surface area (Å²) in [5.74, 6) is -4.98. The number of Topliss-reactive ketones (excluding diaryl/α,β-unsaturated/α-hetero) is 1. The summed E-state index contributed by atoms with van der Waals surface area (Å²) in [4.78, 5) is 67.1. The molecule has 6 N–H and O–H groups in total. The van der Waals surface area contributed by atoms with Crippen molar-refractivity contribution in [2.24, 2.45) is 17.4 Å². The molecule has 12 nitrogen and oxygen atoms in total. The number of carboxylic acid groups (broad SMARTS) is 1. The predicted molar refractivity (Wildman–Crippen MR) is 135 cm³/mol. The second-order valence-corrected chi connectivity index (χ2v) is 8.96. The SMILES string of the molecule is CC(C)[C@H](N)C(=O)N(C(=O)CCc1ccccc1)[C@@H](CCCCN)C(=O)NC(CC(=O)O)C(=O)C=[N+]=[N-]. The number of carbonyl (C=O) groups excluding carboxylic acids is 4. The molecular weight excluding hydrogens is 480 g/mol. The van der Waals surface area contributed by atoms with Crippen LogP contribution in [0.4, 0.5) is 0 Å².